The van der Waals surface area contributed by atoms with E-state index in [-0.39, 0.29) is 5.82 Å². The van der Waals surface area contributed by atoms with Crippen molar-refractivity contribution in [2.45, 2.75) is 65.1 Å². The third-order valence-corrected chi connectivity index (χ3v) is 3.88. The number of nitrogens with zero attached hydrogens (tertiary/aromatic N) is 2. The Balaban J connectivity index is 2.46. The second kappa shape index (κ2) is 8.68. The average Bonchev–Trinajstić information content (AvgIpc) is 2.85. The van der Waals surface area contributed by atoms with Crippen LogP contribution in [0.2, 0.25) is 0 Å². The summed E-state index contributed by atoms with van der Waals surface area (Å²) in [6.45, 7) is 6.10. The normalized spacial score (nSPS) is 24.0. The minimum atomic E-state index is -1.03. The van der Waals surface area contributed by atoms with Crippen molar-refractivity contribution >= 4 is 17.8 Å². The first-order chi connectivity index (χ1) is 12.7. The van der Waals surface area contributed by atoms with E-state index < -0.39 is 42.2 Å². The van der Waals surface area contributed by atoms with Crippen molar-refractivity contribution in [1.29, 1.82) is 0 Å². The summed E-state index contributed by atoms with van der Waals surface area (Å²) in [5.74, 6) is 4.66. The average molecular weight is 377 g/mol. The molecule has 2 heterocycles. The first-order valence-corrected chi connectivity index (χ1v) is 8.62. The van der Waals surface area contributed by atoms with E-state index in [9.17, 15) is 14.4 Å². The Morgan fingerprint density at radius 1 is 1.30 bits per heavy atom. The molecule has 27 heavy (non-hydrogen) atoms. The minimum Gasteiger partial charge on any atom is -0.456 e. The topological polar surface area (TPSA) is 123 Å². The highest BCUT2D eigenvalue weighted by Gasteiger charge is 2.48. The maximum atomic E-state index is 12.4. The molecule has 1 aromatic rings. The number of anilines is 1. The number of hydrogen-bond acceptors (Lipinski definition) is 8. The van der Waals surface area contributed by atoms with E-state index in [0.29, 0.717) is 12.0 Å². The molecule has 0 amide bonds. The molecule has 2 rings (SSSR count). The molecule has 0 bridgehead atoms. The van der Waals surface area contributed by atoms with E-state index in [1.165, 1.54) is 20.0 Å². The van der Waals surface area contributed by atoms with Gasteiger partial charge in [-0.15, -0.1) is 0 Å². The molecular weight excluding hydrogens is 354 g/mol. The molecule has 4 atom stereocenters. The summed E-state index contributed by atoms with van der Waals surface area (Å²) in [4.78, 5) is 39.1. The third-order valence-electron chi connectivity index (χ3n) is 3.88. The lowest BCUT2D eigenvalue weighted by Crippen LogP contribution is -2.40. The maximum absolute atomic E-state index is 12.4. The van der Waals surface area contributed by atoms with Crippen molar-refractivity contribution < 1.29 is 23.8 Å². The zero-order valence-corrected chi connectivity index (χ0v) is 15.7. The Bertz CT molecular complexity index is 838. The summed E-state index contributed by atoms with van der Waals surface area (Å²) in [5.41, 5.74) is 5.45. The molecule has 9 nitrogen and oxygen atoms in total. The number of unbranched alkanes of at least 4 members (excludes halogenated alkanes) is 1. The Hall–Kier alpha value is -2.86. The van der Waals surface area contributed by atoms with Crippen molar-refractivity contribution in [2.75, 3.05) is 5.73 Å². The van der Waals surface area contributed by atoms with Gasteiger partial charge in [0, 0.05) is 26.5 Å². The number of aromatic nitrogens is 2. The van der Waals surface area contributed by atoms with Crippen LogP contribution in [0.4, 0.5) is 5.82 Å². The largest absolute Gasteiger partial charge is 0.456 e. The predicted octanol–water partition coefficient (Wildman–Crippen LogP) is 0.758. The van der Waals surface area contributed by atoms with Gasteiger partial charge >= 0.3 is 17.6 Å². The number of nitrogens with two attached hydrogens (primary N) is 1. The van der Waals surface area contributed by atoms with E-state index in [4.69, 9.17) is 19.9 Å². The van der Waals surface area contributed by atoms with Gasteiger partial charge in [0.1, 0.15) is 5.82 Å². The van der Waals surface area contributed by atoms with E-state index in [1.54, 1.807) is 6.92 Å². The van der Waals surface area contributed by atoms with Crippen molar-refractivity contribution in [1.82, 2.24) is 9.55 Å². The molecule has 0 saturated carbocycles. The van der Waals surface area contributed by atoms with Crippen molar-refractivity contribution in [3.63, 3.8) is 0 Å². The molecule has 1 saturated heterocycles. The van der Waals surface area contributed by atoms with Gasteiger partial charge in [0.25, 0.3) is 0 Å². The maximum Gasteiger partial charge on any atom is 0.351 e. The molecule has 1 aliphatic rings. The van der Waals surface area contributed by atoms with Gasteiger partial charge in [0.05, 0.1) is 11.7 Å². The molecule has 146 valence electrons. The molecule has 2 N–H and O–H groups in total. The van der Waals surface area contributed by atoms with Gasteiger partial charge in [0.2, 0.25) is 0 Å². The first kappa shape index (κ1) is 20.5. The lowest BCUT2D eigenvalue weighted by molar-refractivity contribution is -0.165. The fourth-order valence-corrected chi connectivity index (χ4v) is 2.74. The predicted molar refractivity (Wildman–Crippen MR) is 95.4 cm³/mol. The summed E-state index contributed by atoms with van der Waals surface area (Å²) in [7, 11) is 0. The van der Waals surface area contributed by atoms with Crippen molar-refractivity contribution in [2.24, 2.45) is 0 Å². The number of esters is 2. The molecule has 0 aromatic carbocycles. The van der Waals surface area contributed by atoms with E-state index in [0.717, 1.165) is 11.0 Å². The van der Waals surface area contributed by atoms with Crippen LogP contribution >= 0.6 is 0 Å². The Morgan fingerprint density at radius 2 is 1.93 bits per heavy atom. The molecular formula is C18H23N3O6. The van der Waals surface area contributed by atoms with Crippen LogP contribution in [0.25, 0.3) is 0 Å². The van der Waals surface area contributed by atoms with Gasteiger partial charge in [-0.3, -0.25) is 14.2 Å². The summed E-state index contributed by atoms with van der Waals surface area (Å²) < 4.78 is 17.4. The quantitative estimate of drug-likeness (QED) is 0.603. The fraction of sp³-hybridized carbons (Fsp3) is 0.556. The van der Waals surface area contributed by atoms with Crippen LogP contribution < -0.4 is 11.4 Å². The molecule has 2 unspecified atom stereocenters. The monoisotopic (exact) mass is 377 g/mol. The van der Waals surface area contributed by atoms with E-state index >= 15 is 0 Å². The molecule has 0 spiro atoms. The van der Waals surface area contributed by atoms with Crippen LogP contribution in [0, 0.1) is 11.8 Å². The molecule has 1 aromatic heterocycles. The number of hydrogen-bond donors (Lipinski definition) is 1. The summed E-state index contributed by atoms with van der Waals surface area (Å²) in [6, 6.07) is 0. The van der Waals surface area contributed by atoms with E-state index in [1.807, 2.05) is 6.92 Å². The second-order valence-electron chi connectivity index (χ2n) is 6.16. The number of ether oxygens (including phenoxy) is 3. The van der Waals surface area contributed by atoms with Crippen LogP contribution in [-0.4, -0.2) is 39.8 Å². The highest BCUT2D eigenvalue weighted by molar-refractivity contribution is 5.67. The zero-order valence-electron chi connectivity index (χ0n) is 15.7. The van der Waals surface area contributed by atoms with Gasteiger partial charge in [0.15, 0.2) is 18.4 Å². The smallest absolute Gasteiger partial charge is 0.351 e. The van der Waals surface area contributed by atoms with Crippen molar-refractivity contribution in [3.05, 3.63) is 22.2 Å². The number of carbonyl (C=O) groups excluding carboxylic acids is 2. The SMILES string of the molecule is CCCC#Cc1cn([C@@H]2O[C@H](C)C(OC(C)=O)C2OC(C)=O)c(=O)nc1N. The first-order valence-electron chi connectivity index (χ1n) is 8.62. The summed E-state index contributed by atoms with van der Waals surface area (Å²) in [6.07, 6.45) is -0.557. The lowest BCUT2D eigenvalue weighted by atomic mass is 10.1. The minimum absolute atomic E-state index is 0.00599. The second-order valence-corrected chi connectivity index (χ2v) is 6.16. The Kier molecular flexibility index (Phi) is 6.58. The van der Waals surface area contributed by atoms with Crippen LogP contribution in [0.5, 0.6) is 0 Å². The highest BCUT2D eigenvalue weighted by atomic mass is 16.6. The van der Waals surface area contributed by atoms with Crippen LogP contribution in [0.1, 0.15) is 52.3 Å². The van der Waals surface area contributed by atoms with Crippen LogP contribution in [-0.2, 0) is 23.8 Å². The number of rotatable bonds is 4. The lowest BCUT2D eigenvalue weighted by Gasteiger charge is -2.23. The van der Waals surface area contributed by atoms with Gasteiger partial charge in [-0.05, 0) is 13.3 Å². The molecule has 0 radical (unpaired) electrons. The zero-order chi connectivity index (χ0) is 20.1. The Labute approximate surface area is 156 Å². The van der Waals surface area contributed by atoms with Gasteiger partial charge in [-0.2, -0.15) is 4.98 Å². The van der Waals surface area contributed by atoms with Crippen LogP contribution in [0.15, 0.2) is 11.0 Å². The molecule has 0 aliphatic carbocycles. The van der Waals surface area contributed by atoms with Gasteiger partial charge in [-0.1, -0.05) is 18.8 Å². The van der Waals surface area contributed by atoms with Gasteiger partial charge in [-0.25, -0.2) is 4.79 Å². The van der Waals surface area contributed by atoms with Crippen molar-refractivity contribution in [3.8, 4) is 11.8 Å². The molecule has 1 fully saturated rings. The van der Waals surface area contributed by atoms with Crippen LogP contribution in [0.3, 0.4) is 0 Å². The number of nitrogen functional groups attached to an aromatic ring is 1. The number of carbonyl (C=O) groups is 2. The summed E-state index contributed by atoms with van der Waals surface area (Å²) in [5, 5.41) is 0. The van der Waals surface area contributed by atoms with E-state index in [2.05, 4.69) is 16.8 Å². The standard InChI is InChI=1S/C18H23N3O6/c1-5-6-7-8-13-9-21(18(24)20-16(13)19)17-15(27-12(4)23)14(10(2)25-17)26-11(3)22/h9-10,14-15,17H,5-6H2,1-4H3,(H2,19,20,24)/t10-,14?,15?,17-/m1/s1. The summed E-state index contributed by atoms with van der Waals surface area (Å²) >= 11 is 0. The molecule has 9 heteroatoms. The van der Waals surface area contributed by atoms with Gasteiger partial charge < -0.3 is 19.9 Å². The Morgan fingerprint density at radius 3 is 2.52 bits per heavy atom. The highest BCUT2D eigenvalue weighted by Crippen LogP contribution is 2.33. The third kappa shape index (κ3) is 4.86. The molecule has 1 aliphatic heterocycles. The fourth-order valence-electron chi connectivity index (χ4n) is 2.74.